The fourth-order valence-corrected chi connectivity index (χ4v) is 4.35. The van der Waals surface area contributed by atoms with Crippen LogP contribution >= 0.6 is 11.6 Å². The van der Waals surface area contributed by atoms with Crippen LogP contribution in [0.25, 0.3) is 0 Å². The Labute approximate surface area is 151 Å². The van der Waals surface area contributed by atoms with Crippen LogP contribution in [0.3, 0.4) is 0 Å². The zero-order valence-electron chi connectivity index (χ0n) is 13.8. The van der Waals surface area contributed by atoms with E-state index in [9.17, 15) is 9.50 Å². The van der Waals surface area contributed by atoms with Crippen LogP contribution in [0.15, 0.2) is 48.5 Å². The van der Waals surface area contributed by atoms with E-state index >= 15 is 0 Å². The lowest BCUT2D eigenvalue weighted by atomic mass is 9.78. The van der Waals surface area contributed by atoms with Crippen LogP contribution in [0.1, 0.15) is 37.4 Å². The molecular weight excluding hydrogens is 341 g/mol. The predicted molar refractivity (Wildman–Crippen MR) is 95.4 cm³/mol. The van der Waals surface area contributed by atoms with Gasteiger partial charge in [0.2, 0.25) is 0 Å². The molecule has 0 amide bonds. The first-order valence-electron chi connectivity index (χ1n) is 8.62. The summed E-state index contributed by atoms with van der Waals surface area (Å²) in [5, 5.41) is 15.2. The van der Waals surface area contributed by atoms with E-state index in [0.717, 1.165) is 31.4 Å². The Bertz CT molecular complexity index is 757. The molecule has 2 aliphatic rings. The zero-order chi connectivity index (χ0) is 17.5. The molecule has 3 nitrogen and oxygen atoms in total. The summed E-state index contributed by atoms with van der Waals surface area (Å²) in [7, 11) is 0. The van der Waals surface area contributed by atoms with Crippen LogP contribution in [-0.2, 0) is 0 Å². The van der Waals surface area contributed by atoms with Crippen molar-refractivity contribution in [1.82, 2.24) is 5.32 Å². The second-order valence-corrected chi connectivity index (χ2v) is 7.70. The lowest BCUT2D eigenvalue weighted by molar-refractivity contribution is 0.0729. The molecule has 1 atom stereocenters. The Balaban J connectivity index is 1.46. The predicted octanol–water partition coefficient (Wildman–Crippen LogP) is 4.25. The summed E-state index contributed by atoms with van der Waals surface area (Å²) < 4.78 is 19.5. The molecule has 2 aliphatic heterocycles. The molecule has 2 saturated heterocycles. The first-order chi connectivity index (χ1) is 12.0. The van der Waals surface area contributed by atoms with Crippen molar-refractivity contribution in [3.8, 4) is 5.75 Å². The smallest absolute Gasteiger partial charge is 0.123 e. The Morgan fingerprint density at radius 2 is 1.84 bits per heavy atom. The molecule has 2 bridgehead atoms. The van der Waals surface area contributed by atoms with Crippen LogP contribution < -0.4 is 10.1 Å². The number of halogens is 2. The van der Waals surface area contributed by atoms with Gasteiger partial charge in [-0.2, -0.15) is 0 Å². The lowest BCUT2D eigenvalue weighted by Crippen LogP contribution is -2.48. The largest absolute Gasteiger partial charge is 0.492 e. The van der Waals surface area contributed by atoms with Crippen molar-refractivity contribution in [2.45, 2.75) is 42.9 Å². The normalized spacial score (nSPS) is 28.9. The van der Waals surface area contributed by atoms with Gasteiger partial charge in [-0.3, -0.25) is 5.32 Å². The standard InChI is InChI=1S/C20H21ClFNO2/c21-15-4-6-17(7-5-15)25-13-19-8-10-20(23-19,11-9-19)18(24)14-2-1-3-16(22)12-14/h1-7,12,18,23-24H,8-11,13H2. The molecule has 0 radical (unpaired) electrons. The average molecular weight is 362 g/mol. The third-order valence-corrected chi connectivity index (χ3v) is 5.88. The third kappa shape index (κ3) is 3.14. The Morgan fingerprint density at radius 1 is 1.12 bits per heavy atom. The van der Waals surface area contributed by atoms with E-state index in [1.165, 1.54) is 12.1 Å². The maximum atomic E-state index is 13.5. The van der Waals surface area contributed by atoms with Gasteiger partial charge in [-0.25, -0.2) is 4.39 Å². The monoisotopic (exact) mass is 361 g/mol. The Hall–Kier alpha value is -1.62. The summed E-state index contributed by atoms with van der Waals surface area (Å²) in [5.74, 6) is 0.469. The van der Waals surface area contributed by atoms with Crippen molar-refractivity contribution in [3.05, 3.63) is 64.9 Å². The highest BCUT2D eigenvalue weighted by molar-refractivity contribution is 6.30. The molecule has 0 spiro atoms. The summed E-state index contributed by atoms with van der Waals surface area (Å²) >= 11 is 5.90. The summed E-state index contributed by atoms with van der Waals surface area (Å²) in [6, 6.07) is 13.6. The van der Waals surface area contributed by atoms with Gasteiger partial charge in [0.25, 0.3) is 0 Å². The van der Waals surface area contributed by atoms with Crippen LogP contribution in [0.2, 0.25) is 5.02 Å². The quantitative estimate of drug-likeness (QED) is 0.836. The third-order valence-electron chi connectivity index (χ3n) is 5.63. The maximum Gasteiger partial charge on any atom is 0.123 e. The molecule has 2 N–H and O–H groups in total. The first-order valence-corrected chi connectivity index (χ1v) is 8.99. The average Bonchev–Trinajstić information content (AvgIpc) is 3.18. The van der Waals surface area contributed by atoms with Crippen LogP contribution in [0.4, 0.5) is 4.39 Å². The fourth-order valence-electron chi connectivity index (χ4n) is 4.22. The van der Waals surface area contributed by atoms with Crippen molar-refractivity contribution in [2.75, 3.05) is 6.61 Å². The van der Waals surface area contributed by atoms with Gasteiger partial charge < -0.3 is 9.84 Å². The van der Waals surface area contributed by atoms with Gasteiger partial charge >= 0.3 is 0 Å². The van der Waals surface area contributed by atoms with Crippen molar-refractivity contribution in [3.63, 3.8) is 0 Å². The number of rotatable bonds is 5. The number of aliphatic hydroxyl groups excluding tert-OH is 1. The molecule has 1 unspecified atom stereocenters. The minimum atomic E-state index is -0.719. The lowest BCUT2D eigenvalue weighted by Gasteiger charge is -2.32. The van der Waals surface area contributed by atoms with Gasteiger partial charge in [-0.1, -0.05) is 23.7 Å². The number of ether oxygens (including phenoxy) is 1. The molecule has 2 aromatic carbocycles. The second kappa shape index (κ2) is 6.27. The SMILES string of the molecule is OC(c1cccc(F)c1)C12CCC(COc3ccc(Cl)cc3)(CC1)N2. The summed E-state index contributed by atoms with van der Waals surface area (Å²) in [5.41, 5.74) is 0.106. The molecule has 2 heterocycles. The van der Waals surface area contributed by atoms with Crippen LogP contribution in [-0.4, -0.2) is 22.8 Å². The molecule has 2 fully saturated rings. The zero-order valence-corrected chi connectivity index (χ0v) is 14.6. The summed E-state index contributed by atoms with van der Waals surface area (Å²) in [6.45, 7) is 0.548. The van der Waals surface area contributed by atoms with E-state index in [2.05, 4.69) is 5.32 Å². The van der Waals surface area contributed by atoms with Crippen molar-refractivity contribution in [2.24, 2.45) is 0 Å². The van der Waals surface area contributed by atoms with Gasteiger partial charge in [0, 0.05) is 10.6 Å². The molecular formula is C20H21ClFNO2. The van der Waals surface area contributed by atoms with E-state index in [1.54, 1.807) is 12.1 Å². The van der Waals surface area contributed by atoms with Crippen LogP contribution in [0, 0.1) is 5.82 Å². The molecule has 2 aromatic rings. The van der Waals surface area contributed by atoms with E-state index in [4.69, 9.17) is 16.3 Å². The van der Waals surface area contributed by atoms with Crippen molar-refractivity contribution < 1.29 is 14.2 Å². The van der Waals surface area contributed by atoms with Crippen molar-refractivity contribution >= 4 is 11.6 Å². The molecule has 5 heteroatoms. The molecule has 4 rings (SSSR count). The summed E-state index contributed by atoms with van der Waals surface area (Å²) in [6.07, 6.45) is 2.87. The van der Waals surface area contributed by atoms with Gasteiger partial charge in [0.1, 0.15) is 18.2 Å². The highest BCUT2D eigenvalue weighted by Crippen LogP contribution is 2.50. The minimum absolute atomic E-state index is 0.131. The molecule has 25 heavy (non-hydrogen) atoms. The van der Waals surface area contributed by atoms with E-state index < -0.39 is 11.6 Å². The number of benzene rings is 2. The number of hydrogen-bond acceptors (Lipinski definition) is 3. The fraction of sp³-hybridized carbons (Fsp3) is 0.400. The van der Waals surface area contributed by atoms with Crippen molar-refractivity contribution in [1.29, 1.82) is 0 Å². The Kier molecular flexibility index (Phi) is 4.22. The van der Waals surface area contributed by atoms with E-state index in [-0.39, 0.29) is 11.4 Å². The topological polar surface area (TPSA) is 41.5 Å². The minimum Gasteiger partial charge on any atom is -0.492 e. The molecule has 132 valence electrons. The highest BCUT2D eigenvalue weighted by atomic mass is 35.5. The molecule has 0 aliphatic carbocycles. The van der Waals surface area contributed by atoms with Gasteiger partial charge in [-0.15, -0.1) is 0 Å². The Morgan fingerprint density at radius 3 is 2.52 bits per heavy atom. The number of nitrogens with one attached hydrogen (secondary N) is 1. The van der Waals surface area contributed by atoms with Gasteiger partial charge in [0.15, 0.2) is 0 Å². The summed E-state index contributed by atoms with van der Waals surface area (Å²) in [4.78, 5) is 0. The number of fused-ring (bicyclic) bond motifs is 2. The molecule has 0 aromatic heterocycles. The van der Waals surface area contributed by atoms with Crippen LogP contribution in [0.5, 0.6) is 5.75 Å². The van der Waals surface area contributed by atoms with E-state index in [0.29, 0.717) is 17.2 Å². The van der Waals surface area contributed by atoms with Gasteiger partial charge in [-0.05, 0) is 67.6 Å². The molecule has 0 saturated carbocycles. The van der Waals surface area contributed by atoms with Gasteiger partial charge in [0.05, 0.1) is 11.6 Å². The second-order valence-electron chi connectivity index (χ2n) is 7.26. The number of aliphatic hydroxyl groups is 1. The highest BCUT2D eigenvalue weighted by Gasteiger charge is 2.57. The maximum absolute atomic E-state index is 13.5. The first kappa shape index (κ1) is 16.8. The van der Waals surface area contributed by atoms with E-state index in [1.807, 2.05) is 24.3 Å². The number of hydrogen-bond donors (Lipinski definition) is 2.